The summed E-state index contributed by atoms with van der Waals surface area (Å²) in [5.41, 5.74) is -0.911. The van der Waals surface area contributed by atoms with Crippen LogP contribution in [0, 0.1) is 11.6 Å². The highest BCUT2D eigenvalue weighted by molar-refractivity contribution is 5.91. The summed E-state index contributed by atoms with van der Waals surface area (Å²) in [4.78, 5) is 11.0. The van der Waals surface area contributed by atoms with Gasteiger partial charge < -0.3 is 4.74 Å². The zero-order chi connectivity index (χ0) is 10.7. The first-order valence-corrected chi connectivity index (χ1v) is 3.73. The zero-order valence-corrected chi connectivity index (χ0v) is 7.31. The van der Waals surface area contributed by atoms with Crippen molar-refractivity contribution in [3.63, 3.8) is 0 Å². The van der Waals surface area contributed by atoms with E-state index in [2.05, 4.69) is 4.74 Å². The van der Waals surface area contributed by atoms with Crippen molar-refractivity contribution in [1.82, 2.24) is 0 Å². The average Bonchev–Trinajstić information content (AvgIpc) is 2.20. The summed E-state index contributed by atoms with van der Waals surface area (Å²) in [5, 5.41) is 0. The molecule has 0 heterocycles. The van der Waals surface area contributed by atoms with Crippen molar-refractivity contribution in [2.45, 2.75) is 6.67 Å². The normalized spacial score (nSPS) is 10.0. The topological polar surface area (TPSA) is 26.3 Å². The first-order chi connectivity index (χ1) is 6.61. The van der Waals surface area contributed by atoms with E-state index in [0.29, 0.717) is 0 Å². The van der Waals surface area contributed by atoms with E-state index in [-0.39, 0.29) is 5.56 Å². The summed E-state index contributed by atoms with van der Waals surface area (Å²) in [6.45, 7) is -1.26. The monoisotopic (exact) mass is 204 g/mol. The third-order valence-electron chi connectivity index (χ3n) is 1.74. The lowest BCUT2D eigenvalue weighted by molar-refractivity contribution is 0.0597. The number of alkyl halides is 1. The van der Waals surface area contributed by atoms with Gasteiger partial charge in [-0.25, -0.2) is 18.0 Å². The minimum atomic E-state index is -1.35. The third kappa shape index (κ3) is 1.71. The van der Waals surface area contributed by atoms with Crippen LogP contribution in [0.1, 0.15) is 15.9 Å². The molecule has 0 bridgehead atoms. The molecule has 0 spiro atoms. The van der Waals surface area contributed by atoms with Gasteiger partial charge in [-0.1, -0.05) is 0 Å². The summed E-state index contributed by atoms with van der Waals surface area (Å²) >= 11 is 0. The Kier molecular flexibility index (Phi) is 3.11. The Morgan fingerprint density at radius 3 is 2.57 bits per heavy atom. The highest BCUT2D eigenvalue weighted by Gasteiger charge is 2.18. The average molecular weight is 204 g/mol. The number of rotatable bonds is 2. The van der Waals surface area contributed by atoms with E-state index in [4.69, 9.17) is 0 Å². The number of halogens is 3. The molecule has 0 fully saturated rings. The van der Waals surface area contributed by atoms with Gasteiger partial charge in [0.1, 0.15) is 6.67 Å². The standard InChI is InChI=1S/C9H7F3O2/c1-14-9(13)5-2-3-7(11)8(12)6(5)4-10/h2-3H,4H2,1H3. The molecule has 0 aliphatic rings. The summed E-state index contributed by atoms with van der Waals surface area (Å²) in [6, 6.07) is 1.74. The highest BCUT2D eigenvalue weighted by atomic mass is 19.2. The van der Waals surface area contributed by atoms with Crippen LogP contribution in [0.5, 0.6) is 0 Å². The Labute approximate surface area is 78.3 Å². The van der Waals surface area contributed by atoms with Gasteiger partial charge in [0.05, 0.1) is 12.7 Å². The van der Waals surface area contributed by atoms with E-state index in [1.807, 2.05) is 0 Å². The number of carbonyl (C=O) groups excluding carboxylic acids is 1. The van der Waals surface area contributed by atoms with Gasteiger partial charge in [-0.2, -0.15) is 0 Å². The first-order valence-electron chi connectivity index (χ1n) is 3.73. The van der Waals surface area contributed by atoms with E-state index in [1.54, 1.807) is 0 Å². The maximum Gasteiger partial charge on any atom is 0.338 e. The molecule has 0 amide bonds. The lowest BCUT2D eigenvalue weighted by Gasteiger charge is -2.05. The molecule has 0 saturated carbocycles. The molecule has 2 nitrogen and oxygen atoms in total. The fourth-order valence-electron chi connectivity index (χ4n) is 1.02. The van der Waals surface area contributed by atoms with E-state index in [0.717, 1.165) is 19.2 Å². The fraction of sp³-hybridized carbons (Fsp3) is 0.222. The molecule has 0 aliphatic heterocycles. The lowest BCUT2D eigenvalue weighted by Crippen LogP contribution is -2.08. The number of benzene rings is 1. The molecule has 0 aromatic heterocycles. The second kappa shape index (κ2) is 4.13. The minimum Gasteiger partial charge on any atom is -0.465 e. The SMILES string of the molecule is COC(=O)c1ccc(F)c(F)c1CF. The Morgan fingerprint density at radius 2 is 2.07 bits per heavy atom. The lowest BCUT2D eigenvalue weighted by atomic mass is 10.1. The Hall–Kier alpha value is -1.52. The van der Waals surface area contributed by atoms with Crippen LogP contribution in [0.15, 0.2) is 12.1 Å². The number of carbonyl (C=O) groups is 1. The second-order valence-electron chi connectivity index (χ2n) is 2.51. The van der Waals surface area contributed by atoms with Crippen LogP contribution in [0.25, 0.3) is 0 Å². The van der Waals surface area contributed by atoms with Gasteiger partial charge in [-0.05, 0) is 12.1 Å². The van der Waals surface area contributed by atoms with Crippen LogP contribution < -0.4 is 0 Å². The molecule has 1 rings (SSSR count). The minimum absolute atomic E-state index is 0.297. The molecule has 1 aromatic rings. The van der Waals surface area contributed by atoms with E-state index in [9.17, 15) is 18.0 Å². The molecule has 0 atom stereocenters. The van der Waals surface area contributed by atoms with Crippen LogP contribution in [-0.4, -0.2) is 13.1 Å². The molecule has 76 valence electrons. The van der Waals surface area contributed by atoms with Gasteiger partial charge in [-0.3, -0.25) is 0 Å². The maximum atomic E-state index is 12.9. The molecule has 0 N–H and O–H groups in total. The van der Waals surface area contributed by atoms with Crippen molar-refractivity contribution in [3.05, 3.63) is 34.9 Å². The van der Waals surface area contributed by atoms with E-state index < -0.39 is 29.8 Å². The van der Waals surface area contributed by atoms with Crippen LogP contribution in [0.4, 0.5) is 13.2 Å². The molecule has 14 heavy (non-hydrogen) atoms. The summed E-state index contributed by atoms with van der Waals surface area (Å²) in [7, 11) is 1.08. The number of ether oxygens (including phenoxy) is 1. The van der Waals surface area contributed by atoms with Gasteiger partial charge >= 0.3 is 5.97 Å². The van der Waals surface area contributed by atoms with Crippen molar-refractivity contribution in [2.75, 3.05) is 7.11 Å². The number of hydrogen-bond donors (Lipinski definition) is 0. The molecular formula is C9H7F3O2. The highest BCUT2D eigenvalue weighted by Crippen LogP contribution is 2.18. The van der Waals surface area contributed by atoms with Crippen LogP contribution in [0.2, 0.25) is 0 Å². The van der Waals surface area contributed by atoms with Gasteiger partial charge in [0, 0.05) is 5.56 Å². The third-order valence-corrected chi connectivity index (χ3v) is 1.74. The van der Waals surface area contributed by atoms with Crippen LogP contribution >= 0.6 is 0 Å². The van der Waals surface area contributed by atoms with Gasteiger partial charge in [0.2, 0.25) is 0 Å². The number of methoxy groups -OCH3 is 1. The fourth-order valence-corrected chi connectivity index (χ4v) is 1.02. The van der Waals surface area contributed by atoms with E-state index in [1.165, 1.54) is 0 Å². The Balaban J connectivity index is 3.31. The Bertz CT molecular complexity index is 363. The number of esters is 1. The van der Waals surface area contributed by atoms with Crippen molar-refractivity contribution in [2.24, 2.45) is 0 Å². The van der Waals surface area contributed by atoms with Crippen molar-refractivity contribution >= 4 is 5.97 Å². The van der Waals surface area contributed by atoms with Gasteiger partial charge in [0.25, 0.3) is 0 Å². The summed E-state index contributed by atoms with van der Waals surface area (Å²) in [5.74, 6) is -3.43. The smallest absolute Gasteiger partial charge is 0.338 e. The molecule has 1 aromatic carbocycles. The molecular weight excluding hydrogens is 197 g/mol. The molecule has 0 unspecified atom stereocenters. The first kappa shape index (κ1) is 10.6. The Morgan fingerprint density at radius 1 is 1.43 bits per heavy atom. The van der Waals surface area contributed by atoms with Crippen LogP contribution in [0.3, 0.4) is 0 Å². The van der Waals surface area contributed by atoms with Gasteiger partial charge in [-0.15, -0.1) is 0 Å². The zero-order valence-electron chi connectivity index (χ0n) is 7.31. The maximum absolute atomic E-state index is 12.9. The quantitative estimate of drug-likeness (QED) is 0.690. The predicted molar refractivity (Wildman–Crippen MR) is 42.5 cm³/mol. The van der Waals surface area contributed by atoms with Crippen molar-refractivity contribution < 1.29 is 22.7 Å². The molecule has 0 saturated heterocycles. The van der Waals surface area contributed by atoms with Crippen molar-refractivity contribution in [1.29, 1.82) is 0 Å². The van der Waals surface area contributed by atoms with Gasteiger partial charge in [0.15, 0.2) is 11.6 Å². The largest absolute Gasteiger partial charge is 0.465 e. The van der Waals surface area contributed by atoms with E-state index >= 15 is 0 Å². The van der Waals surface area contributed by atoms with Crippen LogP contribution in [-0.2, 0) is 11.4 Å². The predicted octanol–water partition coefficient (Wildman–Crippen LogP) is 2.22. The van der Waals surface area contributed by atoms with Crippen molar-refractivity contribution in [3.8, 4) is 0 Å². The number of hydrogen-bond acceptors (Lipinski definition) is 2. The summed E-state index contributed by atoms with van der Waals surface area (Å²) in [6.07, 6.45) is 0. The molecule has 0 aliphatic carbocycles. The molecule has 0 radical (unpaired) electrons. The molecule has 5 heteroatoms. The second-order valence-corrected chi connectivity index (χ2v) is 2.51. The summed E-state index contributed by atoms with van der Waals surface area (Å²) < 4.78 is 42.1.